The summed E-state index contributed by atoms with van der Waals surface area (Å²) in [4.78, 5) is 1.24. The van der Waals surface area contributed by atoms with Gasteiger partial charge in [0.1, 0.15) is 11.5 Å². The lowest BCUT2D eigenvalue weighted by atomic mass is 10.2. The van der Waals surface area contributed by atoms with E-state index in [2.05, 4.69) is 41.9 Å². The lowest BCUT2D eigenvalue weighted by molar-refractivity contribution is 0.280. The summed E-state index contributed by atoms with van der Waals surface area (Å²) in [6.07, 6.45) is 0. The first kappa shape index (κ1) is 15.4. The van der Waals surface area contributed by atoms with Crippen LogP contribution in [-0.2, 0) is 6.61 Å². The summed E-state index contributed by atoms with van der Waals surface area (Å²) in [6.45, 7) is 4.34. The summed E-state index contributed by atoms with van der Waals surface area (Å²) in [6, 6.07) is 13.6. The van der Waals surface area contributed by atoms with Crippen molar-refractivity contribution in [3.05, 3.63) is 52.5 Å². The minimum atomic E-state index is -0.0122. The zero-order chi connectivity index (χ0) is 14.5. The third kappa shape index (κ3) is 4.27. The van der Waals surface area contributed by atoms with Crippen LogP contribution in [0.4, 0.5) is 0 Å². The third-order valence-electron chi connectivity index (χ3n) is 2.62. The molecular weight excluding hydrogens is 336 g/mol. The van der Waals surface area contributed by atoms with Gasteiger partial charge in [-0.2, -0.15) is 0 Å². The molecule has 0 fully saturated rings. The van der Waals surface area contributed by atoms with Gasteiger partial charge in [-0.15, -0.1) is 11.8 Å². The number of thioether (sulfide) groups is 1. The van der Waals surface area contributed by atoms with E-state index in [9.17, 15) is 5.11 Å². The van der Waals surface area contributed by atoms with Crippen LogP contribution < -0.4 is 4.74 Å². The lowest BCUT2D eigenvalue weighted by Gasteiger charge is -2.09. The van der Waals surface area contributed by atoms with Gasteiger partial charge in [-0.1, -0.05) is 29.8 Å². The smallest absolute Gasteiger partial charge is 0.127 e. The van der Waals surface area contributed by atoms with E-state index in [-0.39, 0.29) is 6.61 Å². The Balaban J connectivity index is 2.10. The molecule has 0 saturated carbocycles. The monoisotopic (exact) mass is 352 g/mol. The van der Waals surface area contributed by atoms with Gasteiger partial charge < -0.3 is 9.84 Å². The van der Waals surface area contributed by atoms with Crippen LogP contribution >= 0.6 is 27.7 Å². The highest BCUT2D eigenvalue weighted by atomic mass is 79.9. The molecule has 0 aromatic heterocycles. The van der Waals surface area contributed by atoms with Crippen molar-refractivity contribution < 1.29 is 9.84 Å². The van der Waals surface area contributed by atoms with Crippen molar-refractivity contribution >= 4 is 27.7 Å². The number of hydrogen-bond donors (Lipinski definition) is 1. The fraction of sp³-hybridized carbons (Fsp3) is 0.250. The molecule has 0 aliphatic rings. The largest absolute Gasteiger partial charge is 0.457 e. The molecular formula is C16H17BrO2S. The highest BCUT2D eigenvalue weighted by Gasteiger charge is 2.04. The summed E-state index contributed by atoms with van der Waals surface area (Å²) in [5.74, 6) is 1.52. The first-order valence-electron chi connectivity index (χ1n) is 6.42. The number of aliphatic hydroxyl groups excluding tert-OH is 1. The summed E-state index contributed by atoms with van der Waals surface area (Å²) in [5, 5.41) is 9.81. The lowest BCUT2D eigenvalue weighted by Crippen LogP contribution is -1.89. The van der Waals surface area contributed by atoms with Crippen molar-refractivity contribution in [1.29, 1.82) is 0 Å². The van der Waals surface area contributed by atoms with Crippen LogP contribution in [0.1, 0.15) is 19.4 Å². The number of hydrogen-bond acceptors (Lipinski definition) is 3. The molecule has 0 heterocycles. The fourth-order valence-corrected chi connectivity index (χ4v) is 2.94. The normalized spacial score (nSPS) is 10.8. The molecule has 0 amide bonds. The standard InChI is InChI=1S/C16H17BrO2S/c1-11(2)20-15-6-3-13(4-7-15)19-14-5-8-16(17)12(9-14)10-18/h3-9,11,18H,10H2,1-2H3. The minimum Gasteiger partial charge on any atom is -0.457 e. The van der Waals surface area contributed by atoms with Crippen molar-refractivity contribution in [1.82, 2.24) is 0 Å². The molecule has 2 nitrogen and oxygen atoms in total. The summed E-state index contributed by atoms with van der Waals surface area (Å²) >= 11 is 5.22. The van der Waals surface area contributed by atoms with Crippen LogP contribution in [-0.4, -0.2) is 10.4 Å². The number of benzene rings is 2. The maximum Gasteiger partial charge on any atom is 0.127 e. The molecule has 0 spiro atoms. The molecule has 1 N–H and O–H groups in total. The van der Waals surface area contributed by atoms with E-state index in [4.69, 9.17) is 4.74 Å². The molecule has 0 saturated heterocycles. The highest BCUT2D eigenvalue weighted by molar-refractivity contribution is 9.10. The molecule has 2 aromatic carbocycles. The van der Waals surface area contributed by atoms with Crippen molar-refractivity contribution in [2.45, 2.75) is 30.6 Å². The Bertz CT molecular complexity index is 567. The van der Waals surface area contributed by atoms with Crippen LogP contribution in [0.25, 0.3) is 0 Å². The highest BCUT2D eigenvalue weighted by Crippen LogP contribution is 2.29. The zero-order valence-electron chi connectivity index (χ0n) is 11.5. The SMILES string of the molecule is CC(C)Sc1ccc(Oc2ccc(Br)c(CO)c2)cc1. The number of ether oxygens (including phenoxy) is 1. The van der Waals surface area contributed by atoms with Gasteiger partial charge in [0.25, 0.3) is 0 Å². The van der Waals surface area contributed by atoms with E-state index in [1.165, 1.54) is 4.90 Å². The van der Waals surface area contributed by atoms with Crippen LogP contribution in [0.2, 0.25) is 0 Å². The summed E-state index contributed by atoms with van der Waals surface area (Å²) in [7, 11) is 0. The van der Waals surface area contributed by atoms with Gasteiger partial charge in [-0.05, 0) is 48.0 Å². The molecule has 2 aromatic rings. The zero-order valence-corrected chi connectivity index (χ0v) is 13.9. The van der Waals surface area contributed by atoms with Gasteiger partial charge in [0.2, 0.25) is 0 Å². The minimum absolute atomic E-state index is 0.0122. The van der Waals surface area contributed by atoms with Crippen molar-refractivity contribution in [2.24, 2.45) is 0 Å². The Labute approximate surface area is 132 Å². The van der Waals surface area contributed by atoms with E-state index < -0.39 is 0 Å². The van der Waals surface area contributed by atoms with E-state index in [1.807, 2.05) is 42.1 Å². The summed E-state index contributed by atoms with van der Waals surface area (Å²) < 4.78 is 6.68. The molecule has 106 valence electrons. The van der Waals surface area contributed by atoms with Crippen LogP contribution in [0.3, 0.4) is 0 Å². The predicted octanol–water partition coefficient (Wildman–Crippen LogP) is 5.23. The second-order valence-corrected chi connectivity index (χ2v) is 7.16. The third-order valence-corrected chi connectivity index (χ3v) is 4.41. The molecule has 0 radical (unpaired) electrons. The quantitative estimate of drug-likeness (QED) is 0.746. The van der Waals surface area contributed by atoms with E-state index in [1.54, 1.807) is 0 Å². The van der Waals surface area contributed by atoms with Crippen LogP contribution in [0.5, 0.6) is 11.5 Å². The van der Waals surface area contributed by atoms with Gasteiger partial charge in [-0.3, -0.25) is 0 Å². The first-order valence-corrected chi connectivity index (χ1v) is 8.09. The first-order chi connectivity index (χ1) is 9.58. The van der Waals surface area contributed by atoms with Gasteiger partial charge in [0, 0.05) is 14.6 Å². The molecule has 4 heteroatoms. The molecule has 0 aliphatic carbocycles. The van der Waals surface area contributed by atoms with Gasteiger partial charge in [0.15, 0.2) is 0 Å². The maximum absolute atomic E-state index is 9.24. The van der Waals surface area contributed by atoms with E-state index in [0.717, 1.165) is 21.5 Å². The van der Waals surface area contributed by atoms with Gasteiger partial charge in [0.05, 0.1) is 6.61 Å². The van der Waals surface area contributed by atoms with E-state index >= 15 is 0 Å². The Hall–Kier alpha value is -0.970. The maximum atomic E-state index is 9.24. The van der Waals surface area contributed by atoms with Crippen molar-refractivity contribution in [3.8, 4) is 11.5 Å². The Morgan fingerprint density at radius 3 is 2.35 bits per heavy atom. The molecule has 0 bridgehead atoms. The molecule has 0 unspecified atom stereocenters. The molecule has 0 aliphatic heterocycles. The number of aliphatic hydroxyl groups is 1. The number of rotatable bonds is 5. The molecule has 20 heavy (non-hydrogen) atoms. The topological polar surface area (TPSA) is 29.5 Å². The Kier molecular flexibility index (Phi) is 5.52. The van der Waals surface area contributed by atoms with Gasteiger partial charge in [-0.25, -0.2) is 0 Å². The average molecular weight is 353 g/mol. The Morgan fingerprint density at radius 2 is 1.75 bits per heavy atom. The van der Waals surface area contributed by atoms with E-state index in [0.29, 0.717) is 5.25 Å². The van der Waals surface area contributed by atoms with Gasteiger partial charge >= 0.3 is 0 Å². The second kappa shape index (κ2) is 7.16. The summed E-state index contributed by atoms with van der Waals surface area (Å²) in [5.41, 5.74) is 0.814. The van der Waals surface area contributed by atoms with Crippen molar-refractivity contribution in [3.63, 3.8) is 0 Å². The average Bonchev–Trinajstić information content (AvgIpc) is 2.42. The Morgan fingerprint density at radius 1 is 1.10 bits per heavy atom. The molecule has 2 rings (SSSR count). The van der Waals surface area contributed by atoms with Crippen molar-refractivity contribution in [2.75, 3.05) is 0 Å². The number of halogens is 1. The van der Waals surface area contributed by atoms with Crippen LogP contribution in [0, 0.1) is 0 Å². The fourth-order valence-electron chi connectivity index (χ4n) is 1.73. The second-order valence-electron chi connectivity index (χ2n) is 4.65. The van der Waals surface area contributed by atoms with Crippen LogP contribution in [0.15, 0.2) is 51.8 Å². The molecule has 0 atom stereocenters. The predicted molar refractivity (Wildman–Crippen MR) is 87.6 cm³/mol.